The number of non-ortho nitro benzene ring substituents is 1. The highest BCUT2D eigenvalue weighted by molar-refractivity contribution is 6.34. The predicted octanol–water partition coefficient (Wildman–Crippen LogP) is 2.67. The maximum Gasteiger partial charge on any atom is 0.293 e. The molecule has 0 aliphatic rings. The zero-order valence-electron chi connectivity index (χ0n) is 8.35. The average molecular weight is 249 g/mol. The van der Waals surface area contributed by atoms with Crippen molar-refractivity contribution in [2.24, 2.45) is 0 Å². The smallest absolute Gasteiger partial charge is 0.293 e. The van der Waals surface area contributed by atoms with Crippen LogP contribution >= 0.6 is 11.6 Å². The average Bonchev–Trinajstić information content (AvgIpc) is 2.69. The van der Waals surface area contributed by atoms with Crippen LogP contribution in [0.25, 0.3) is 21.9 Å². The summed E-state index contributed by atoms with van der Waals surface area (Å²) in [6.07, 6.45) is 1.33. The van der Waals surface area contributed by atoms with Crippen molar-refractivity contribution in [3.63, 3.8) is 0 Å². The van der Waals surface area contributed by atoms with Gasteiger partial charge in [-0.25, -0.2) is 9.97 Å². The molecule has 84 valence electrons. The molecule has 1 aromatic carbocycles. The van der Waals surface area contributed by atoms with Crippen LogP contribution in [0.3, 0.4) is 0 Å². The van der Waals surface area contributed by atoms with Gasteiger partial charge in [-0.2, -0.15) is 0 Å². The second-order valence-corrected chi connectivity index (χ2v) is 3.83. The minimum atomic E-state index is -0.445. The Kier molecular flexibility index (Phi) is 1.99. The van der Waals surface area contributed by atoms with Gasteiger partial charge in [0.1, 0.15) is 22.9 Å². The summed E-state index contributed by atoms with van der Waals surface area (Å²) in [7, 11) is 0. The molecular weight excluding hydrogens is 244 g/mol. The van der Waals surface area contributed by atoms with Crippen LogP contribution in [0.4, 0.5) is 5.69 Å². The normalized spacial score (nSPS) is 11.1. The number of nitrogens with one attached hydrogen (secondary N) is 1. The van der Waals surface area contributed by atoms with Crippen LogP contribution < -0.4 is 0 Å². The van der Waals surface area contributed by atoms with Gasteiger partial charge >= 0.3 is 0 Å². The Morgan fingerprint density at radius 2 is 2.12 bits per heavy atom. The molecule has 0 spiro atoms. The fraction of sp³-hybridized carbons (Fsp3) is 0. The first-order valence-corrected chi connectivity index (χ1v) is 5.11. The van der Waals surface area contributed by atoms with Crippen LogP contribution in [0.5, 0.6) is 0 Å². The maximum absolute atomic E-state index is 10.9. The largest absolute Gasteiger partial charge is 0.345 e. The lowest BCUT2D eigenvalue weighted by atomic mass is 10.2. The van der Waals surface area contributed by atoms with Crippen molar-refractivity contribution in [2.75, 3.05) is 0 Å². The molecule has 7 heteroatoms. The molecule has 0 unspecified atom stereocenters. The Balaban J connectivity index is 2.55. The summed E-state index contributed by atoms with van der Waals surface area (Å²) in [5.74, 6) is 0. The molecule has 6 nitrogen and oxygen atoms in total. The highest BCUT2D eigenvalue weighted by atomic mass is 35.5. The Bertz CT molecular complexity index is 752. The Hall–Kier alpha value is -2.21. The number of hydrogen-bond acceptors (Lipinski definition) is 4. The number of para-hydroxylation sites is 1. The zero-order valence-corrected chi connectivity index (χ0v) is 9.10. The van der Waals surface area contributed by atoms with E-state index in [1.807, 2.05) is 0 Å². The third-order valence-electron chi connectivity index (χ3n) is 2.55. The van der Waals surface area contributed by atoms with E-state index < -0.39 is 4.92 Å². The van der Waals surface area contributed by atoms with Crippen molar-refractivity contribution < 1.29 is 4.92 Å². The number of nitro benzene ring substituents is 1. The first-order valence-electron chi connectivity index (χ1n) is 4.74. The van der Waals surface area contributed by atoms with Crippen LogP contribution in [-0.2, 0) is 0 Å². The number of fused-ring (bicyclic) bond motifs is 3. The quantitative estimate of drug-likeness (QED) is 0.408. The number of halogens is 1. The number of rotatable bonds is 1. The number of nitro groups is 1. The van der Waals surface area contributed by atoms with Crippen LogP contribution in [-0.4, -0.2) is 19.9 Å². The second kappa shape index (κ2) is 3.39. The van der Waals surface area contributed by atoms with Gasteiger partial charge in [0.05, 0.1) is 4.92 Å². The molecule has 0 fully saturated rings. The van der Waals surface area contributed by atoms with Gasteiger partial charge in [-0.3, -0.25) is 10.1 Å². The van der Waals surface area contributed by atoms with Gasteiger partial charge in [0.2, 0.25) is 0 Å². The first kappa shape index (κ1) is 9.98. The molecule has 0 amide bonds. The number of hydrogen-bond donors (Lipinski definition) is 1. The minimum absolute atomic E-state index is 0.00318. The Morgan fingerprint density at radius 1 is 1.29 bits per heavy atom. The molecule has 0 bridgehead atoms. The van der Waals surface area contributed by atoms with E-state index in [1.165, 1.54) is 12.4 Å². The minimum Gasteiger partial charge on any atom is -0.345 e. The van der Waals surface area contributed by atoms with Crippen LogP contribution in [0.2, 0.25) is 5.15 Å². The summed E-state index contributed by atoms with van der Waals surface area (Å²) in [4.78, 5) is 21.3. The van der Waals surface area contributed by atoms with Crippen molar-refractivity contribution >= 4 is 39.2 Å². The number of aromatic amines is 1. The van der Waals surface area contributed by atoms with E-state index in [-0.39, 0.29) is 10.8 Å². The lowest BCUT2D eigenvalue weighted by Gasteiger charge is -1.92. The van der Waals surface area contributed by atoms with E-state index in [0.717, 1.165) is 0 Å². The molecule has 0 saturated carbocycles. The van der Waals surface area contributed by atoms with E-state index in [0.29, 0.717) is 21.9 Å². The number of aromatic nitrogens is 3. The molecule has 0 aliphatic carbocycles. The Morgan fingerprint density at radius 3 is 2.88 bits per heavy atom. The van der Waals surface area contributed by atoms with Gasteiger partial charge in [-0.05, 0) is 0 Å². The summed E-state index contributed by atoms with van der Waals surface area (Å²) >= 11 is 5.91. The van der Waals surface area contributed by atoms with Crippen molar-refractivity contribution in [1.82, 2.24) is 15.0 Å². The summed E-state index contributed by atoms with van der Waals surface area (Å²) in [6, 6.07) is 4.80. The second-order valence-electron chi connectivity index (χ2n) is 3.47. The molecule has 2 aromatic heterocycles. The molecule has 17 heavy (non-hydrogen) atoms. The van der Waals surface area contributed by atoms with E-state index in [9.17, 15) is 10.1 Å². The molecule has 0 aliphatic heterocycles. The maximum atomic E-state index is 10.9. The van der Waals surface area contributed by atoms with Gasteiger partial charge in [-0.15, -0.1) is 0 Å². The lowest BCUT2D eigenvalue weighted by molar-refractivity contribution is -0.383. The molecular formula is C10H5ClN4O2. The summed E-state index contributed by atoms with van der Waals surface area (Å²) < 4.78 is 0. The number of H-pyrrole nitrogens is 1. The summed E-state index contributed by atoms with van der Waals surface area (Å²) in [5, 5.41) is 11.8. The zero-order chi connectivity index (χ0) is 12.0. The standard InChI is InChI=1S/C10H5ClN4O2/c11-10-9-8(12-4-13-10)5-2-1-3-6(15(16)17)7(5)14-9/h1-4,14H. The highest BCUT2D eigenvalue weighted by Gasteiger charge is 2.17. The van der Waals surface area contributed by atoms with Crippen LogP contribution in [0, 0.1) is 10.1 Å². The van der Waals surface area contributed by atoms with Gasteiger partial charge in [0.15, 0.2) is 5.15 Å². The van der Waals surface area contributed by atoms with Gasteiger partial charge < -0.3 is 4.98 Å². The van der Waals surface area contributed by atoms with Crippen molar-refractivity contribution in [1.29, 1.82) is 0 Å². The summed E-state index contributed by atoms with van der Waals surface area (Å²) in [5.41, 5.74) is 1.51. The molecule has 2 heterocycles. The van der Waals surface area contributed by atoms with E-state index in [2.05, 4.69) is 15.0 Å². The monoisotopic (exact) mass is 248 g/mol. The van der Waals surface area contributed by atoms with E-state index in [4.69, 9.17) is 11.6 Å². The van der Waals surface area contributed by atoms with Gasteiger partial charge in [0, 0.05) is 11.5 Å². The van der Waals surface area contributed by atoms with E-state index >= 15 is 0 Å². The predicted molar refractivity (Wildman–Crippen MR) is 63.1 cm³/mol. The lowest BCUT2D eigenvalue weighted by Crippen LogP contribution is -1.88. The summed E-state index contributed by atoms with van der Waals surface area (Å²) in [6.45, 7) is 0. The SMILES string of the molecule is O=[N+]([O-])c1cccc2c1[nH]c1c(Cl)ncnc12. The molecule has 3 rings (SSSR count). The van der Waals surface area contributed by atoms with Crippen molar-refractivity contribution in [3.8, 4) is 0 Å². The van der Waals surface area contributed by atoms with Gasteiger partial charge in [-0.1, -0.05) is 23.7 Å². The topological polar surface area (TPSA) is 84.7 Å². The highest BCUT2D eigenvalue weighted by Crippen LogP contribution is 2.31. The van der Waals surface area contributed by atoms with E-state index in [1.54, 1.807) is 12.1 Å². The fourth-order valence-electron chi connectivity index (χ4n) is 1.83. The third-order valence-corrected chi connectivity index (χ3v) is 2.83. The van der Waals surface area contributed by atoms with Crippen molar-refractivity contribution in [3.05, 3.63) is 39.8 Å². The fourth-order valence-corrected chi connectivity index (χ4v) is 2.01. The molecule has 1 N–H and O–H groups in total. The molecule has 0 saturated heterocycles. The van der Waals surface area contributed by atoms with Crippen molar-refractivity contribution in [2.45, 2.75) is 0 Å². The van der Waals surface area contributed by atoms with Crippen LogP contribution in [0.1, 0.15) is 0 Å². The molecule has 0 atom stereocenters. The van der Waals surface area contributed by atoms with Crippen LogP contribution in [0.15, 0.2) is 24.5 Å². The first-order chi connectivity index (χ1) is 8.18. The third kappa shape index (κ3) is 1.34. The Labute approximate surface area is 99.4 Å². The molecule has 3 aromatic rings. The molecule has 0 radical (unpaired) electrons. The number of benzene rings is 1. The van der Waals surface area contributed by atoms with Gasteiger partial charge in [0.25, 0.3) is 5.69 Å². The number of nitrogens with zero attached hydrogens (tertiary/aromatic N) is 3.